The molecule has 0 saturated carbocycles. The molecule has 0 atom stereocenters. The number of nitrogens with zero attached hydrogens (tertiary/aromatic N) is 2. The molecule has 2 amide bonds. The number of thiazole rings is 1. The molecule has 0 aliphatic heterocycles. The first-order chi connectivity index (χ1) is 14.6. The van der Waals surface area contributed by atoms with E-state index in [2.05, 4.69) is 47.6 Å². The highest BCUT2D eigenvalue weighted by atomic mass is 32.1. The molecule has 0 aliphatic carbocycles. The Labute approximate surface area is 184 Å². The van der Waals surface area contributed by atoms with Crippen LogP contribution >= 0.6 is 11.3 Å². The Bertz CT molecular complexity index is 920. The number of carbonyl (C=O) groups is 1. The second kappa shape index (κ2) is 10.9. The standard InChI is InChI=1S/C25H31N3OS/c1-4-5-6-8-20-11-13-23(14-12-20)27-25(29)28(19(2)3)18-21-9-7-10-22(17-21)24-26-15-16-30-24/h7,9-17,19H,4-6,8,18H2,1-3H3,(H,27,29). The number of aromatic nitrogens is 1. The molecule has 2 aromatic carbocycles. The zero-order valence-electron chi connectivity index (χ0n) is 18.1. The van der Waals surface area contributed by atoms with Crippen LogP contribution in [0.15, 0.2) is 60.1 Å². The van der Waals surface area contributed by atoms with Crippen molar-refractivity contribution in [2.75, 3.05) is 5.32 Å². The lowest BCUT2D eigenvalue weighted by atomic mass is 10.1. The molecule has 5 heteroatoms. The molecule has 1 aromatic heterocycles. The second-order valence-electron chi connectivity index (χ2n) is 7.84. The molecule has 0 radical (unpaired) electrons. The van der Waals surface area contributed by atoms with Gasteiger partial charge in [-0.25, -0.2) is 9.78 Å². The van der Waals surface area contributed by atoms with Crippen LogP contribution in [0.4, 0.5) is 10.5 Å². The van der Waals surface area contributed by atoms with Crippen molar-refractivity contribution in [3.63, 3.8) is 0 Å². The molecule has 4 nitrogen and oxygen atoms in total. The highest BCUT2D eigenvalue weighted by Gasteiger charge is 2.18. The van der Waals surface area contributed by atoms with Crippen LogP contribution in [0.5, 0.6) is 0 Å². The number of hydrogen-bond donors (Lipinski definition) is 1. The number of carbonyl (C=O) groups excluding carboxylic acids is 1. The van der Waals surface area contributed by atoms with Gasteiger partial charge in [-0.3, -0.25) is 0 Å². The number of hydrogen-bond acceptors (Lipinski definition) is 3. The summed E-state index contributed by atoms with van der Waals surface area (Å²) in [7, 11) is 0. The molecule has 0 spiro atoms. The maximum absolute atomic E-state index is 13.0. The molecule has 3 aromatic rings. The minimum atomic E-state index is -0.0802. The lowest BCUT2D eigenvalue weighted by Gasteiger charge is -2.27. The Morgan fingerprint density at radius 3 is 2.57 bits per heavy atom. The van der Waals surface area contributed by atoms with Crippen LogP contribution in [0.2, 0.25) is 0 Å². The number of urea groups is 1. The Morgan fingerprint density at radius 1 is 1.10 bits per heavy atom. The molecule has 158 valence electrons. The van der Waals surface area contributed by atoms with Crippen LogP contribution in [-0.4, -0.2) is 22.0 Å². The third kappa shape index (κ3) is 6.17. The maximum atomic E-state index is 13.0. The van der Waals surface area contributed by atoms with Crippen molar-refractivity contribution in [3.8, 4) is 10.6 Å². The Kier molecular flexibility index (Phi) is 8.03. The fourth-order valence-electron chi connectivity index (χ4n) is 3.38. The predicted octanol–water partition coefficient (Wildman–Crippen LogP) is 6.99. The van der Waals surface area contributed by atoms with E-state index in [0.717, 1.165) is 28.2 Å². The van der Waals surface area contributed by atoms with E-state index in [1.807, 2.05) is 48.5 Å². The van der Waals surface area contributed by atoms with Crippen LogP contribution in [0, 0.1) is 0 Å². The molecule has 3 rings (SSSR count). The number of aryl methyl sites for hydroxylation is 1. The van der Waals surface area contributed by atoms with E-state index in [-0.39, 0.29) is 12.1 Å². The third-order valence-electron chi connectivity index (χ3n) is 5.12. The van der Waals surface area contributed by atoms with Gasteiger partial charge in [-0.15, -0.1) is 11.3 Å². The number of anilines is 1. The summed E-state index contributed by atoms with van der Waals surface area (Å²) in [5, 5.41) is 6.03. The van der Waals surface area contributed by atoms with Crippen LogP contribution < -0.4 is 5.32 Å². The summed E-state index contributed by atoms with van der Waals surface area (Å²) >= 11 is 1.62. The summed E-state index contributed by atoms with van der Waals surface area (Å²) in [4.78, 5) is 19.2. The summed E-state index contributed by atoms with van der Waals surface area (Å²) in [5.74, 6) is 0. The minimum Gasteiger partial charge on any atom is -0.318 e. The van der Waals surface area contributed by atoms with Gasteiger partial charge in [0.1, 0.15) is 5.01 Å². The zero-order chi connectivity index (χ0) is 21.3. The van der Waals surface area contributed by atoms with Gasteiger partial charge in [0, 0.05) is 35.4 Å². The van der Waals surface area contributed by atoms with Gasteiger partial charge in [-0.05, 0) is 56.0 Å². The van der Waals surface area contributed by atoms with Crippen molar-refractivity contribution in [1.82, 2.24) is 9.88 Å². The largest absolute Gasteiger partial charge is 0.322 e. The Hall–Kier alpha value is -2.66. The fraction of sp³-hybridized carbons (Fsp3) is 0.360. The predicted molar refractivity (Wildman–Crippen MR) is 127 cm³/mol. The number of benzene rings is 2. The Morgan fingerprint density at radius 2 is 1.90 bits per heavy atom. The van der Waals surface area contributed by atoms with Crippen molar-refractivity contribution in [2.45, 2.75) is 59.0 Å². The van der Waals surface area contributed by atoms with E-state index in [1.165, 1.54) is 24.8 Å². The fourth-order valence-corrected chi connectivity index (χ4v) is 4.02. The maximum Gasteiger partial charge on any atom is 0.322 e. The molecular weight excluding hydrogens is 390 g/mol. The molecule has 0 unspecified atom stereocenters. The van der Waals surface area contributed by atoms with Gasteiger partial charge in [0.15, 0.2) is 0 Å². The van der Waals surface area contributed by atoms with Crippen LogP contribution in [-0.2, 0) is 13.0 Å². The summed E-state index contributed by atoms with van der Waals surface area (Å²) in [6.45, 7) is 6.86. The van der Waals surface area contributed by atoms with E-state index in [0.29, 0.717) is 6.54 Å². The van der Waals surface area contributed by atoms with Crippen LogP contribution in [0.1, 0.15) is 51.2 Å². The van der Waals surface area contributed by atoms with Gasteiger partial charge in [0.2, 0.25) is 0 Å². The third-order valence-corrected chi connectivity index (χ3v) is 5.94. The first-order valence-electron chi connectivity index (χ1n) is 10.7. The minimum absolute atomic E-state index is 0.0802. The Balaban J connectivity index is 1.65. The molecular formula is C25H31N3OS. The lowest BCUT2D eigenvalue weighted by Crippen LogP contribution is -2.39. The van der Waals surface area contributed by atoms with Gasteiger partial charge < -0.3 is 10.2 Å². The summed E-state index contributed by atoms with van der Waals surface area (Å²) in [6.07, 6.45) is 6.60. The van der Waals surface area contributed by atoms with E-state index in [9.17, 15) is 4.79 Å². The van der Waals surface area contributed by atoms with Gasteiger partial charge >= 0.3 is 6.03 Å². The monoisotopic (exact) mass is 421 g/mol. The SMILES string of the molecule is CCCCCc1ccc(NC(=O)N(Cc2cccc(-c3nccs3)c2)C(C)C)cc1. The molecule has 30 heavy (non-hydrogen) atoms. The molecule has 0 saturated heterocycles. The van der Waals surface area contributed by atoms with E-state index < -0.39 is 0 Å². The second-order valence-corrected chi connectivity index (χ2v) is 8.74. The van der Waals surface area contributed by atoms with Gasteiger partial charge in [0.25, 0.3) is 0 Å². The first kappa shape index (κ1) is 22.0. The van der Waals surface area contributed by atoms with Crippen molar-refractivity contribution < 1.29 is 4.79 Å². The van der Waals surface area contributed by atoms with Crippen LogP contribution in [0.3, 0.4) is 0 Å². The van der Waals surface area contributed by atoms with Gasteiger partial charge in [0.05, 0.1) is 0 Å². The van der Waals surface area contributed by atoms with E-state index in [4.69, 9.17) is 0 Å². The summed E-state index contributed by atoms with van der Waals surface area (Å²) < 4.78 is 0. The summed E-state index contributed by atoms with van der Waals surface area (Å²) in [6, 6.07) is 16.5. The normalized spacial score (nSPS) is 10.9. The van der Waals surface area contributed by atoms with E-state index in [1.54, 1.807) is 11.3 Å². The average Bonchev–Trinajstić information content (AvgIpc) is 3.28. The number of nitrogens with one attached hydrogen (secondary N) is 1. The molecule has 1 heterocycles. The highest BCUT2D eigenvalue weighted by molar-refractivity contribution is 7.13. The van der Waals surface area contributed by atoms with Gasteiger partial charge in [-0.1, -0.05) is 50.1 Å². The van der Waals surface area contributed by atoms with E-state index >= 15 is 0 Å². The van der Waals surface area contributed by atoms with Crippen molar-refractivity contribution in [3.05, 3.63) is 71.2 Å². The zero-order valence-corrected chi connectivity index (χ0v) is 18.9. The molecule has 0 fully saturated rings. The molecule has 0 bridgehead atoms. The first-order valence-corrected chi connectivity index (χ1v) is 11.6. The smallest absolute Gasteiger partial charge is 0.318 e. The van der Waals surface area contributed by atoms with Crippen molar-refractivity contribution >= 4 is 23.1 Å². The number of rotatable bonds is 9. The summed E-state index contributed by atoms with van der Waals surface area (Å²) in [5.41, 5.74) is 4.34. The molecule has 1 N–H and O–H groups in total. The van der Waals surface area contributed by atoms with Crippen LogP contribution in [0.25, 0.3) is 10.6 Å². The topological polar surface area (TPSA) is 45.2 Å². The van der Waals surface area contributed by atoms with Crippen molar-refractivity contribution in [2.24, 2.45) is 0 Å². The molecule has 0 aliphatic rings. The van der Waals surface area contributed by atoms with Gasteiger partial charge in [-0.2, -0.15) is 0 Å². The van der Waals surface area contributed by atoms with Crippen molar-refractivity contribution in [1.29, 1.82) is 0 Å². The number of amides is 2. The number of unbranched alkanes of at least 4 members (excludes halogenated alkanes) is 2. The highest BCUT2D eigenvalue weighted by Crippen LogP contribution is 2.23. The average molecular weight is 422 g/mol. The quantitative estimate of drug-likeness (QED) is 0.379. The lowest BCUT2D eigenvalue weighted by molar-refractivity contribution is 0.193.